The maximum absolute atomic E-state index is 12.7. The molecule has 8 heteroatoms. The van der Waals surface area contributed by atoms with Crippen LogP contribution in [0.2, 0.25) is 0 Å². The van der Waals surface area contributed by atoms with Crippen molar-refractivity contribution in [2.45, 2.75) is 100 Å². The van der Waals surface area contributed by atoms with Gasteiger partial charge in [0.1, 0.15) is 24.1 Å². The number of carbonyl (C=O) groups excluding carboxylic acids is 1. The lowest BCUT2D eigenvalue weighted by Gasteiger charge is -2.21. The van der Waals surface area contributed by atoms with E-state index in [4.69, 9.17) is 14.5 Å². The van der Waals surface area contributed by atoms with E-state index in [-0.39, 0.29) is 12.7 Å². The lowest BCUT2D eigenvalue weighted by atomic mass is 10.1. The quantitative estimate of drug-likeness (QED) is 0.277. The van der Waals surface area contributed by atoms with Crippen LogP contribution in [0.5, 0.6) is 0 Å². The van der Waals surface area contributed by atoms with Gasteiger partial charge < -0.3 is 19.1 Å². The van der Waals surface area contributed by atoms with E-state index in [2.05, 4.69) is 10.3 Å². The monoisotopic (exact) mass is 514 g/mol. The van der Waals surface area contributed by atoms with Crippen molar-refractivity contribution in [3.8, 4) is 0 Å². The molecule has 206 valence electrons. The Morgan fingerprint density at radius 3 is 2.41 bits per heavy atom. The van der Waals surface area contributed by atoms with Gasteiger partial charge in [-0.25, -0.2) is 14.8 Å². The number of aromatic nitrogens is 3. The molecule has 0 bridgehead atoms. The first-order valence-corrected chi connectivity index (χ1v) is 13.5. The zero-order valence-corrected chi connectivity index (χ0v) is 24.1. The predicted molar refractivity (Wildman–Crippen MR) is 153 cm³/mol. The number of rotatable bonds is 10. The maximum atomic E-state index is 12.7. The van der Waals surface area contributed by atoms with E-state index in [1.54, 1.807) is 13.8 Å². The van der Waals surface area contributed by atoms with E-state index < -0.39 is 11.7 Å². The molecule has 3 rings (SSSR count). The topological polar surface area (TPSA) is 98.5 Å². The molecular formula is C29H46N4O4. The normalized spacial score (nSPS) is 12.1. The zero-order valence-electron chi connectivity index (χ0n) is 24.1. The number of hydrogen-bond acceptors (Lipinski definition) is 6. The van der Waals surface area contributed by atoms with E-state index >= 15 is 0 Å². The van der Waals surface area contributed by atoms with Crippen LogP contribution in [0.1, 0.15) is 81.0 Å². The molecular weight excluding hydrogens is 468 g/mol. The molecule has 1 amide bonds. The zero-order chi connectivity index (χ0) is 28.0. The second kappa shape index (κ2) is 16.0. The molecule has 2 N–H and O–H groups in total. The molecule has 2 aromatic heterocycles. The first-order valence-electron chi connectivity index (χ1n) is 13.5. The van der Waals surface area contributed by atoms with Gasteiger partial charge in [-0.05, 0) is 45.8 Å². The molecule has 0 spiro atoms. The Hall–Kier alpha value is -2.97. The number of imidazole rings is 1. The standard InChI is InChI=1S/C25H34N4O4.2C2H6/c1-6-9-12-17(7-2)33-24(30)28-23-21-22(18-13-10-11-14-19(18)26-23)29(16-25(4,5)31)20(27-21)15-32-8-3;2*1-2/h9-14,17,31H,6-8,15-16H2,1-5H3,(H,26,28,30);2*1-2H3/b12-9+;;. The number of amides is 1. The van der Waals surface area contributed by atoms with Crippen molar-refractivity contribution in [2.24, 2.45) is 0 Å². The van der Waals surface area contributed by atoms with Gasteiger partial charge in [-0.15, -0.1) is 0 Å². The number of nitrogens with zero attached hydrogens (tertiary/aromatic N) is 3. The highest BCUT2D eigenvalue weighted by Crippen LogP contribution is 2.31. The number of aliphatic hydroxyl groups is 1. The van der Waals surface area contributed by atoms with Crippen LogP contribution in [0.15, 0.2) is 36.4 Å². The van der Waals surface area contributed by atoms with Gasteiger partial charge in [0.2, 0.25) is 0 Å². The minimum absolute atomic E-state index is 0.277. The van der Waals surface area contributed by atoms with Crippen molar-refractivity contribution in [3.63, 3.8) is 0 Å². The number of para-hydroxylation sites is 1. The molecule has 0 aliphatic rings. The van der Waals surface area contributed by atoms with Crippen LogP contribution in [0, 0.1) is 0 Å². The second-order valence-corrected chi connectivity index (χ2v) is 8.55. The van der Waals surface area contributed by atoms with Crippen molar-refractivity contribution in [1.82, 2.24) is 14.5 Å². The van der Waals surface area contributed by atoms with Crippen LogP contribution >= 0.6 is 0 Å². The van der Waals surface area contributed by atoms with Crippen molar-refractivity contribution >= 4 is 33.8 Å². The third kappa shape index (κ3) is 9.13. The molecule has 0 fully saturated rings. The summed E-state index contributed by atoms with van der Waals surface area (Å²) in [5, 5.41) is 14.3. The van der Waals surface area contributed by atoms with Gasteiger partial charge in [0.05, 0.1) is 23.2 Å². The summed E-state index contributed by atoms with van der Waals surface area (Å²) in [6.07, 6.45) is 4.50. The Morgan fingerprint density at radius 1 is 1.14 bits per heavy atom. The molecule has 1 atom stereocenters. The minimum atomic E-state index is -0.981. The number of allylic oxidation sites excluding steroid dienone is 1. The molecule has 2 heterocycles. The summed E-state index contributed by atoms with van der Waals surface area (Å²) >= 11 is 0. The van der Waals surface area contributed by atoms with E-state index in [1.807, 2.05) is 89.5 Å². The Morgan fingerprint density at radius 2 is 1.81 bits per heavy atom. The predicted octanol–water partition coefficient (Wildman–Crippen LogP) is 7.24. The number of nitrogens with one attached hydrogen (secondary N) is 1. The number of hydrogen-bond donors (Lipinski definition) is 2. The molecule has 0 saturated carbocycles. The summed E-state index contributed by atoms with van der Waals surface area (Å²) < 4.78 is 13.2. The van der Waals surface area contributed by atoms with Gasteiger partial charge in [0.15, 0.2) is 5.82 Å². The van der Waals surface area contributed by atoms with E-state index in [0.717, 1.165) is 17.3 Å². The van der Waals surface area contributed by atoms with Gasteiger partial charge in [-0.3, -0.25) is 5.32 Å². The summed E-state index contributed by atoms with van der Waals surface area (Å²) in [4.78, 5) is 22.1. The molecule has 0 radical (unpaired) electrons. The SMILES string of the molecule is CC.CC.CC/C=C/C(CC)OC(=O)Nc1nc2ccccc2c2c1nc(COCC)n2CC(C)(C)O. The lowest BCUT2D eigenvalue weighted by Crippen LogP contribution is -2.27. The van der Waals surface area contributed by atoms with Crippen LogP contribution in [0.3, 0.4) is 0 Å². The largest absolute Gasteiger partial charge is 0.442 e. The summed E-state index contributed by atoms with van der Waals surface area (Å²) in [6.45, 7) is 18.5. The summed E-state index contributed by atoms with van der Waals surface area (Å²) in [5.41, 5.74) is 1.04. The van der Waals surface area contributed by atoms with Crippen LogP contribution in [0.25, 0.3) is 21.9 Å². The fourth-order valence-electron chi connectivity index (χ4n) is 3.64. The summed E-state index contributed by atoms with van der Waals surface area (Å²) in [7, 11) is 0. The average Bonchev–Trinajstić information content (AvgIpc) is 3.24. The minimum Gasteiger partial charge on any atom is -0.442 e. The van der Waals surface area contributed by atoms with E-state index in [0.29, 0.717) is 42.2 Å². The average molecular weight is 515 g/mol. The Labute approximate surface area is 222 Å². The van der Waals surface area contributed by atoms with Gasteiger partial charge in [0, 0.05) is 12.0 Å². The summed E-state index contributed by atoms with van der Waals surface area (Å²) in [6, 6.07) is 7.67. The number of benzene rings is 1. The Kier molecular flexibility index (Phi) is 13.9. The molecule has 0 saturated heterocycles. The molecule has 8 nitrogen and oxygen atoms in total. The first kappa shape index (κ1) is 32.1. The van der Waals surface area contributed by atoms with Gasteiger partial charge >= 0.3 is 6.09 Å². The van der Waals surface area contributed by atoms with Gasteiger partial charge in [0.25, 0.3) is 0 Å². The number of ether oxygens (including phenoxy) is 2. The molecule has 1 aromatic carbocycles. The molecule has 0 aliphatic carbocycles. The molecule has 1 unspecified atom stereocenters. The fraction of sp³-hybridized carbons (Fsp3) is 0.552. The number of carbonyl (C=O) groups is 1. The van der Waals surface area contributed by atoms with Crippen LogP contribution in [-0.2, 0) is 22.6 Å². The molecule has 3 aromatic rings. The van der Waals surface area contributed by atoms with Crippen molar-refractivity contribution in [3.05, 3.63) is 42.2 Å². The van der Waals surface area contributed by atoms with Crippen LogP contribution in [-0.4, -0.2) is 44.0 Å². The van der Waals surface area contributed by atoms with Crippen LogP contribution < -0.4 is 5.32 Å². The van der Waals surface area contributed by atoms with Gasteiger partial charge in [-0.1, -0.05) is 65.8 Å². The molecule has 0 aliphatic heterocycles. The third-order valence-electron chi connectivity index (χ3n) is 5.11. The van der Waals surface area contributed by atoms with E-state index in [9.17, 15) is 9.90 Å². The Balaban J connectivity index is 0.00000163. The maximum Gasteiger partial charge on any atom is 0.413 e. The van der Waals surface area contributed by atoms with Crippen molar-refractivity contribution in [1.29, 1.82) is 0 Å². The number of anilines is 1. The first-order chi connectivity index (χ1) is 17.8. The highest BCUT2D eigenvalue weighted by molar-refractivity contribution is 6.09. The number of fused-ring (bicyclic) bond motifs is 3. The lowest BCUT2D eigenvalue weighted by molar-refractivity contribution is 0.0582. The Bertz CT molecular complexity index is 1130. The van der Waals surface area contributed by atoms with Crippen molar-refractivity contribution < 1.29 is 19.4 Å². The number of pyridine rings is 1. The van der Waals surface area contributed by atoms with Crippen LogP contribution in [0.4, 0.5) is 10.6 Å². The fourth-order valence-corrected chi connectivity index (χ4v) is 3.64. The highest BCUT2D eigenvalue weighted by atomic mass is 16.6. The van der Waals surface area contributed by atoms with Crippen molar-refractivity contribution in [2.75, 3.05) is 11.9 Å². The smallest absolute Gasteiger partial charge is 0.413 e. The second-order valence-electron chi connectivity index (χ2n) is 8.55. The third-order valence-corrected chi connectivity index (χ3v) is 5.11. The summed E-state index contributed by atoms with van der Waals surface area (Å²) in [5.74, 6) is 0.969. The highest BCUT2D eigenvalue weighted by Gasteiger charge is 2.24. The molecule has 37 heavy (non-hydrogen) atoms. The van der Waals surface area contributed by atoms with E-state index in [1.165, 1.54) is 0 Å². The van der Waals surface area contributed by atoms with Gasteiger partial charge in [-0.2, -0.15) is 0 Å².